The minimum atomic E-state index is 0.0715. The van der Waals surface area contributed by atoms with Crippen molar-refractivity contribution in [3.63, 3.8) is 0 Å². The summed E-state index contributed by atoms with van der Waals surface area (Å²) in [5, 5.41) is 39.5. The van der Waals surface area contributed by atoms with E-state index in [0.29, 0.717) is 23.7 Å². The maximum absolute atomic E-state index is 4.30. The first kappa shape index (κ1) is 34.0. The molecule has 0 spiro atoms. The van der Waals surface area contributed by atoms with Crippen LogP contribution in [0.4, 0.5) is 0 Å². The minimum Gasteiger partial charge on any atom is -0.286 e. The van der Waals surface area contributed by atoms with Gasteiger partial charge in [0.2, 0.25) is 0 Å². The van der Waals surface area contributed by atoms with E-state index in [1.807, 2.05) is 0 Å². The topological polar surface area (TPSA) is 96.2 Å². The van der Waals surface area contributed by atoms with Crippen molar-refractivity contribution < 1.29 is 0 Å². The average molecular weight is 749 g/mol. The van der Waals surface area contributed by atoms with E-state index < -0.39 is 0 Å². The maximum atomic E-state index is 4.30. The highest BCUT2D eigenvalue weighted by Gasteiger charge is 2.54. The highest BCUT2D eigenvalue weighted by molar-refractivity contribution is 5.85. The lowest BCUT2D eigenvalue weighted by molar-refractivity contribution is 0.0665. The Balaban J connectivity index is 0.922. The lowest BCUT2D eigenvalue weighted by Gasteiger charge is -2.44. The van der Waals surface area contributed by atoms with Gasteiger partial charge in [0.1, 0.15) is 0 Å². The summed E-state index contributed by atoms with van der Waals surface area (Å²) in [5.74, 6) is 5.84. The van der Waals surface area contributed by atoms with Crippen LogP contribution in [0.5, 0.6) is 0 Å². The fraction of sp³-hybridized carbons (Fsp3) is 0.583. The predicted molar refractivity (Wildman–Crippen MR) is 222 cm³/mol. The molecule has 8 nitrogen and oxygen atoms in total. The van der Waals surface area contributed by atoms with Gasteiger partial charge in [-0.05, 0) is 141 Å². The minimum absolute atomic E-state index is 0.0715. The van der Waals surface area contributed by atoms with E-state index in [1.165, 1.54) is 121 Å². The summed E-state index contributed by atoms with van der Waals surface area (Å²) in [7, 11) is 0. The molecule has 4 aromatic carbocycles. The standard InChI is InChI=1S/C48H60N8/c1-2-10-26-18-34-33(17-25(26)9-1)41-49-42(34)54-44-37-21-29-13-5-6-14-30(29)22-38(37)46(51-44)56-48-40-24-32-16-8-7-15-31(32)23-39(40)47(52-48)55-45-36-20-28-12-4-3-11-27(28)19-35(36)43(50-45)53-41/h1-2,7-10,15-18,23-24,27-30,35-38,41-56H,3-6,11-14,19-22H2. The molecular formula is C48H60N8. The van der Waals surface area contributed by atoms with Crippen LogP contribution in [0.25, 0.3) is 21.5 Å². The Morgan fingerprint density at radius 3 is 0.857 bits per heavy atom. The molecule has 0 radical (unpaired) electrons. The van der Waals surface area contributed by atoms with E-state index in [2.05, 4.69) is 115 Å². The molecule has 16 unspecified atom stereocenters. The molecule has 292 valence electrons. The van der Waals surface area contributed by atoms with E-state index in [4.69, 9.17) is 0 Å². The lowest BCUT2D eigenvalue weighted by atomic mass is 9.63. The summed E-state index contributed by atoms with van der Waals surface area (Å²) in [6.45, 7) is 0. The normalized spacial score (nSPS) is 43.7. The van der Waals surface area contributed by atoms with Crippen LogP contribution in [0.3, 0.4) is 0 Å². The second-order valence-electron chi connectivity index (χ2n) is 19.8. The molecule has 5 aliphatic heterocycles. The van der Waals surface area contributed by atoms with Gasteiger partial charge in [-0.2, -0.15) is 0 Å². The monoisotopic (exact) mass is 748 g/mol. The maximum Gasteiger partial charge on any atom is 0.0866 e. The number of hydrogen-bond acceptors (Lipinski definition) is 8. The molecule has 7 fully saturated rings. The van der Waals surface area contributed by atoms with Crippen molar-refractivity contribution >= 4 is 21.5 Å². The van der Waals surface area contributed by atoms with Crippen molar-refractivity contribution in [2.75, 3.05) is 0 Å². The molecule has 3 saturated heterocycles. The van der Waals surface area contributed by atoms with Crippen LogP contribution in [0, 0.1) is 47.3 Å². The molecule has 4 saturated carbocycles. The van der Waals surface area contributed by atoms with Gasteiger partial charge in [0.25, 0.3) is 0 Å². The van der Waals surface area contributed by atoms with Crippen molar-refractivity contribution in [2.45, 2.75) is 126 Å². The van der Waals surface area contributed by atoms with Crippen LogP contribution in [0.15, 0.2) is 72.8 Å². The summed E-state index contributed by atoms with van der Waals surface area (Å²) in [5.41, 5.74) is 5.64. The van der Waals surface area contributed by atoms with Crippen molar-refractivity contribution in [3.8, 4) is 0 Å². The summed E-state index contributed by atoms with van der Waals surface area (Å²) in [6, 6.07) is 27.9. The predicted octanol–water partition coefficient (Wildman–Crippen LogP) is 7.44. The van der Waals surface area contributed by atoms with Crippen molar-refractivity contribution in [2.24, 2.45) is 47.3 Å². The average Bonchev–Trinajstić information content (AvgIpc) is 3.95. The third kappa shape index (κ3) is 5.47. The third-order valence-corrected chi connectivity index (χ3v) is 17.2. The molecule has 13 rings (SSSR count). The SMILES string of the molecule is c1ccc2cc3c(cc2c1)C1NC3NC2NC(NC3NC(NC4NC(N1)C1CC5CCCCC5CC41)c1cc4ccccc4cc13)C1CC3CCCCC3CC21. The van der Waals surface area contributed by atoms with E-state index >= 15 is 0 Å². The van der Waals surface area contributed by atoms with E-state index in [9.17, 15) is 0 Å². The fourth-order valence-electron chi connectivity index (χ4n) is 14.5. The molecular weight excluding hydrogens is 689 g/mol. The van der Waals surface area contributed by atoms with Crippen LogP contribution >= 0.6 is 0 Å². The Bertz CT molecular complexity index is 1860. The number of nitrogens with one attached hydrogen (secondary N) is 8. The Kier molecular flexibility index (Phi) is 8.07. The van der Waals surface area contributed by atoms with Gasteiger partial charge in [-0.15, -0.1) is 0 Å². The molecule has 4 aliphatic carbocycles. The molecule has 8 heteroatoms. The van der Waals surface area contributed by atoms with Gasteiger partial charge in [0.15, 0.2) is 0 Å². The van der Waals surface area contributed by atoms with Gasteiger partial charge in [0, 0.05) is 0 Å². The smallest absolute Gasteiger partial charge is 0.0866 e. The Morgan fingerprint density at radius 1 is 0.321 bits per heavy atom. The van der Waals surface area contributed by atoms with Crippen LogP contribution in [-0.4, -0.2) is 24.7 Å². The number of fused-ring (bicyclic) bond motifs is 24. The zero-order chi connectivity index (χ0) is 36.5. The summed E-state index contributed by atoms with van der Waals surface area (Å²) >= 11 is 0. The van der Waals surface area contributed by atoms with Gasteiger partial charge in [-0.25, -0.2) is 0 Å². The zero-order valence-electron chi connectivity index (χ0n) is 32.7. The highest BCUT2D eigenvalue weighted by atomic mass is 15.4. The van der Waals surface area contributed by atoms with Crippen LogP contribution in [0.2, 0.25) is 0 Å². The molecule has 9 aliphatic rings. The first-order valence-electron chi connectivity index (χ1n) is 22.8. The molecule has 5 heterocycles. The first-order chi connectivity index (χ1) is 27.7. The quantitative estimate of drug-likeness (QED) is 0.0942. The Hall–Kier alpha value is -2.92. The Labute approximate surface area is 331 Å². The van der Waals surface area contributed by atoms with Crippen LogP contribution in [0.1, 0.15) is 124 Å². The number of rotatable bonds is 0. The molecule has 56 heavy (non-hydrogen) atoms. The molecule has 16 atom stereocenters. The van der Waals surface area contributed by atoms with Crippen molar-refractivity contribution in [1.29, 1.82) is 0 Å². The summed E-state index contributed by atoms with van der Waals surface area (Å²) in [6.07, 6.45) is 17.8. The molecule has 0 amide bonds. The first-order valence-corrected chi connectivity index (χ1v) is 22.8. The van der Waals surface area contributed by atoms with Crippen LogP contribution in [-0.2, 0) is 0 Å². The Morgan fingerprint density at radius 2 is 0.589 bits per heavy atom. The number of benzene rings is 4. The molecule has 8 N–H and O–H groups in total. The van der Waals surface area contributed by atoms with E-state index in [1.54, 1.807) is 0 Å². The fourth-order valence-corrected chi connectivity index (χ4v) is 14.5. The number of hydrogen-bond donors (Lipinski definition) is 8. The molecule has 4 aromatic rings. The lowest BCUT2D eigenvalue weighted by Crippen LogP contribution is -2.55. The zero-order valence-corrected chi connectivity index (χ0v) is 32.7. The molecule has 0 aromatic heterocycles. The van der Waals surface area contributed by atoms with Gasteiger partial charge in [-0.3, -0.25) is 42.5 Å². The summed E-state index contributed by atoms with van der Waals surface area (Å²) < 4.78 is 0. The third-order valence-electron chi connectivity index (χ3n) is 17.2. The van der Waals surface area contributed by atoms with E-state index in [0.717, 1.165) is 23.7 Å². The van der Waals surface area contributed by atoms with Crippen molar-refractivity contribution in [1.82, 2.24) is 42.5 Å². The second kappa shape index (κ2) is 13.3. The van der Waals surface area contributed by atoms with Gasteiger partial charge >= 0.3 is 0 Å². The summed E-state index contributed by atoms with van der Waals surface area (Å²) in [4.78, 5) is 0. The molecule has 8 bridgehead atoms. The van der Waals surface area contributed by atoms with Crippen molar-refractivity contribution in [3.05, 3.63) is 95.1 Å². The van der Waals surface area contributed by atoms with Gasteiger partial charge in [-0.1, -0.05) is 99.9 Å². The van der Waals surface area contributed by atoms with Gasteiger partial charge < -0.3 is 0 Å². The largest absolute Gasteiger partial charge is 0.286 e. The van der Waals surface area contributed by atoms with E-state index in [-0.39, 0.29) is 49.3 Å². The highest BCUT2D eigenvalue weighted by Crippen LogP contribution is 2.52. The van der Waals surface area contributed by atoms with Crippen LogP contribution < -0.4 is 42.5 Å². The second-order valence-corrected chi connectivity index (χ2v) is 19.8. The van der Waals surface area contributed by atoms with Gasteiger partial charge in [0.05, 0.1) is 49.3 Å².